The molecule has 1 unspecified atom stereocenters. The van der Waals surface area contributed by atoms with Crippen molar-refractivity contribution >= 4 is 23.4 Å². The third-order valence-electron chi connectivity index (χ3n) is 5.32. The second kappa shape index (κ2) is 9.16. The van der Waals surface area contributed by atoms with E-state index in [-0.39, 0.29) is 30.2 Å². The zero-order chi connectivity index (χ0) is 20.1. The van der Waals surface area contributed by atoms with E-state index in [9.17, 15) is 14.4 Å². The number of aryl methyl sites for hydroxylation is 1. The highest BCUT2D eigenvalue weighted by Gasteiger charge is 2.28. The van der Waals surface area contributed by atoms with Crippen LogP contribution in [0.3, 0.4) is 0 Å². The Morgan fingerprint density at radius 1 is 1.32 bits per heavy atom. The average molecular weight is 388 g/mol. The third kappa shape index (κ3) is 4.88. The van der Waals surface area contributed by atoms with Gasteiger partial charge in [-0.2, -0.15) is 0 Å². The number of nitrogens with one attached hydrogen (secondary N) is 2. The van der Waals surface area contributed by atoms with Gasteiger partial charge in [-0.25, -0.2) is 0 Å². The molecule has 28 heavy (non-hydrogen) atoms. The summed E-state index contributed by atoms with van der Waals surface area (Å²) < 4.78 is 5.10. The summed E-state index contributed by atoms with van der Waals surface area (Å²) in [6, 6.07) is 5.27. The third-order valence-corrected chi connectivity index (χ3v) is 5.32. The lowest BCUT2D eigenvalue weighted by Crippen LogP contribution is -2.49. The summed E-state index contributed by atoms with van der Waals surface area (Å²) in [5.41, 5.74) is 2.02. The van der Waals surface area contributed by atoms with Crippen molar-refractivity contribution in [1.82, 2.24) is 15.1 Å². The number of ether oxygens (including phenoxy) is 1. The Labute approximate surface area is 165 Å². The van der Waals surface area contributed by atoms with E-state index in [1.807, 2.05) is 13.0 Å². The average Bonchev–Trinajstić information content (AvgIpc) is 3.16. The SMILES string of the molecule is COCCN1CCC(C(=O)Nc2cc(C(=O)N3CCNC(=O)C3)ccc2C)C1. The number of amides is 3. The van der Waals surface area contributed by atoms with E-state index in [4.69, 9.17) is 4.74 Å². The number of hydrogen-bond acceptors (Lipinski definition) is 5. The number of methoxy groups -OCH3 is 1. The molecule has 152 valence electrons. The predicted octanol–water partition coefficient (Wildman–Crippen LogP) is 0.474. The summed E-state index contributed by atoms with van der Waals surface area (Å²) >= 11 is 0. The molecular formula is C20H28N4O4. The number of benzene rings is 1. The molecule has 0 bridgehead atoms. The fourth-order valence-electron chi connectivity index (χ4n) is 3.59. The second-order valence-electron chi connectivity index (χ2n) is 7.37. The number of nitrogens with zero attached hydrogens (tertiary/aromatic N) is 2. The molecule has 2 N–H and O–H groups in total. The normalized spacial score (nSPS) is 20.1. The summed E-state index contributed by atoms with van der Waals surface area (Å²) in [6.45, 7) is 6.00. The molecule has 0 saturated carbocycles. The Bertz CT molecular complexity index is 752. The largest absolute Gasteiger partial charge is 0.383 e. The van der Waals surface area contributed by atoms with Crippen LogP contribution in [0.25, 0.3) is 0 Å². The van der Waals surface area contributed by atoms with Gasteiger partial charge >= 0.3 is 0 Å². The lowest BCUT2D eigenvalue weighted by Gasteiger charge is -2.27. The first kappa shape index (κ1) is 20.3. The second-order valence-corrected chi connectivity index (χ2v) is 7.37. The first-order chi connectivity index (χ1) is 13.5. The number of carbonyl (C=O) groups excluding carboxylic acids is 3. The van der Waals surface area contributed by atoms with Gasteiger partial charge in [0, 0.05) is 44.5 Å². The fourth-order valence-corrected chi connectivity index (χ4v) is 3.59. The van der Waals surface area contributed by atoms with Gasteiger partial charge in [-0.3, -0.25) is 14.4 Å². The maximum absolute atomic E-state index is 12.7. The van der Waals surface area contributed by atoms with Crippen molar-refractivity contribution < 1.29 is 19.1 Å². The molecule has 2 aliphatic heterocycles. The highest BCUT2D eigenvalue weighted by Crippen LogP contribution is 2.22. The van der Waals surface area contributed by atoms with Crippen molar-refractivity contribution in [3.63, 3.8) is 0 Å². The highest BCUT2D eigenvalue weighted by molar-refractivity contribution is 6.00. The van der Waals surface area contributed by atoms with E-state index in [0.29, 0.717) is 30.9 Å². The van der Waals surface area contributed by atoms with Gasteiger partial charge < -0.3 is 25.2 Å². The van der Waals surface area contributed by atoms with E-state index >= 15 is 0 Å². The van der Waals surface area contributed by atoms with Crippen LogP contribution in [0.2, 0.25) is 0 Å². The molecule has 8 heteroatoms. The smallest absolute Gasteiger partial charge is 0.254 e. The van der Waals surface area contributed by atoms with Crippen molar-refractivity contribution in [3.05, 3.63) is 29.3 Å². The maximum atomic E-state index is 12.7. The number of piperazine rings is 1. The monoisotopic (exact) mass is 388 g/mol. The van der Waals surface area contributed by atoms with Crippen molar-refractivity contribution in [3.8, 4) is 0 Å². The van der Waals surface area contributed by atoms with Crippen molar-refractivity contribution in [2.75, 3.05) is 58.3 Å². The molecule has 2 saturated heterocycles. The Morgan fingerprint density at radius 3 is 2.89 bits per heavy atom. The minimum Gasteiger partial charge on any atom is -0.383 e. The van der Waals surface area contributed by atoms with E-state index < -0.39 is 0 Å². The topological polar surface area (TPSA) is 91.0 Å². The van der Waals surface area contributed by atoms with E-state index in [1.165, 1.54) is 4.90 Å². The minimum atomic E-state index is -0.197. The quantitative estimate of drug-likeness (QED) is 0.740. The molecule has 0 radical (unpaired) electrons. The van der Waals surface area contributed by atoms with Gasteiger partial charge in [-0.1, -0.05) is 6.07 Å². The number of likely N-dealkylation sites (tertiary alicyclic amines) is 1. The molecule has 8 nitrogen and oxygen atoms in total. The van der Waals surface area contributed by atoms with Crippen molar-refractivity contribution in [2.24, 2.45) is 5.92 Å². The van der Waals surface area contributed by atoms with Crippen LogP contribution in [-0.2, 0) is 14.3 Å². The van der Waals surface area contributed by atoms with Gasteiger partial charge in [-0.15, -0.1) is 0 Å². The van der Waals surface area contributed by atoms with E-state index in [1.54, 1.807) is 19.2 Å². The van der Waals surface area contributed by atoms with Gasteiger partial charge in [0.2, 0.25) is 11.8 Å². The molecule has 3 rings (SSSR count). The van der Waals surface area contributed by atoms with Crippen molar-refractivity contribution in [1.29, 1.82) is 0 Å². The molecule has 0 aliphatic carbocycles. The first-order valence-corrected chi connectivity index (χ1v) is 9.66. The van der Waals surface area contributed by atoms with Gasteiger partial charge in [0.05, 0.1) is 19.1 Å². The molecule has 2 heterocycles. The highest BCUT2D eigenvalue weighted by atomic mass is 16.5. The van der Waals surface area contributed by atoms with Gasteiger partial charge in [0.15, 0.2) is 0 Å². The molecule has 0 spiro atoms. The standard InChI is InChI=1S/C20H28N4O4/c1-14-3-4-15(20(27)24-8-6-21-18(25)13-24)11-17(14)22-19(26)16-5-7-23(12-16)9-10-28-2/h3-4,11,16H,5-10,12-13H2,1-2H3,(H,21,25)(H,22,26). The Kier molecular flexibility index (Phi) is 6.64. The fraction of sp³-hybridized carbons (Fsp3) is 0.550. The number of carbonyl (C=O) groups is 3. The molecule has 1 atom stereocenters. The van der Waals surface area contributed by atoms with Crippen LogP contribution in [0.5, 0.6) is 0 Å². The number of rotatable bonds is 6. The van der Waals surface area contributed by atoms with Crippen LogP contribution >= 0.6 is 0 Å². The maximum Gasteiger partial charge on any atom is 0.254 e. The predicted molar refractivity (Wildman–Crippen MR) is 105 cm³/mol. The zero-order valence-electron chi connectivity index (χ0n) is 16.5. The number of anilines is 1. The van der Waals surface area contributed by atoms with Crippen LogP contribution in [0, 0.1) is 12.8 Å². The summed E-state index contributed by atoms with van der Waals surface area (Å²) in [5, 5.41) is 5.70. The van der Waals surface area contributed by atoms with Crippen LogP contribution in [-0.4, -0.2) is 80.5 Å². The molecule has 1 aromatic rings. The van der Waals surface area contributed by atoms with Crippen LogP contribution in [0.1, 0.15) is 22.3 Å². The summed E-state index contributed by atoms with van der Waals surface area (Å²) in [7, 11) is 1.67. The van der Waals surface area contributed by atoms with E-state index in [2.05, 4.69) is 15.5 Å². The Balaban J connectivity index is 1.64. The van der Waals surface area contributed by atoms with Crippen molar-refractivity contribution in [2.45, 2.75) is 13.3 Å². The minimum absolute atomic E-state index is 0.0232. The molecule has 2 aliphatic rings. The Morgan fingerprint density at radius 2 is 2.14 bits per heavy atom. The summed E-state index contributed by atoms with van der Waals surface area (Å²) in [5.74, 6) is -0.442. The van der Waals surface area contributed by atoms with Gasteiger partial charge in [-0.05, 0) is 37.6 Å². The number of hydrogen-bond donors (Lipinski definition) is 2. The molecule has 2 fully saturated rings. The lowest BCUT2D eigenvalue weighted by molar-refractivity contribution is -0.123. The molecule has 1 aromatic carbocycles. The van der Waals surface area contributed by atoms with Crippen LogP contribution in [0.4, 0.5) is 5.69 Å². The van der Waals surface area contributed by atoms with Gasteiger partial charge in [0.25, 0.3) is 5.91 Å². The van der Waals surface area contributed by atoms with Gasteiger partial charge in [0.1, 0.15) is 0 Å². The molecule has 0 aromatic heterocycles. The molecule has 3 amide bonds. The summed E-state index contributed by atoms with van der Waals surface area (Å²) in [6.07, 6.45) is 0.816. The lowest BCUT2D eigenvalue weighted by atomic mass is 10.1. The van der Waals surface area contributed by atoms with Crippen LogP contribution in [0.15, 0.2) is 18.2 Å². The zero-order valence-corrected chi connectivity index (χ0v) is 16.5. The first-order valence-electron chi connectivity index (χ1n) is 9.66. The van der Waals surface area contributed by atoms with E-state index in [0.717, 1.165) is 31.6 Å². The Hall–Kier alpha value is -2.45. The summed E-state index contributed by atoms with van der Waals surface area (Å²) in [4.78, 5) is 40.7. The van der Waals surface area contributed by atoms with Crippen LogP contribution < -0.4 is 10.6 Å². The molecular weight excluding hydrogens is 360 g/mol.